The zero-order valence-corrected chi connectivity index (χ0v) is 11.3. The van der Waals surface area contributed by atoms with Crippen LogP contribution in [0.3, 0.4) is 0 Å². The van der Waals surface area contributed by atoms with Crippen LogP contribution < -0.4 is 5.32 Å². The van der Waals surface area contributed by atoms with Gasteiger partial charge in [-0.2, -0.15) is 0 Å². The number of hydrogen-bond acceptors (Lipinski definition) is 5. The van der Waals surface area contributed by atoms with Gasteiger partial charge in [0, 0.05) is 58.1 Å². The Morgan fingerprint density at radius 2 is 2.24 bits per heavy atom. The van der Waals surface area contributed by atoms with E-state index in [0.717, 1.165) is 39.1 Å². The minimum Gasteiger partial charge on any atom is -0.384 e. The van der Waals surface area contributed by atoms with Crippen molar-refractivity contribution in [2.45, 2.75) is 12.8 Å². The molecule has 0 radical (unpaired) electrons. The van der Waals surface area contributed by atoms with Crippen LogP contribution in [0.2, 0.25) is 0 Å². The van der Waals surface area contributed by atoms with Gasteiger partial charge in [-0.15, -0.1) is 11.3 Å². The van der Waals surface area contributed by atoms with Crippen LogP contribution in [0.4, 0.5) is 0 Å². The lowest BCUT2D eigenvalue weighted by atomic mass is 10.3. The number of ether oxygens (including phenoxy) is 1. The molecule has 0 atom stereocenters. The van der Waals surface area contributed by atoms with E-state index in [2.05, 4.69) is 20.6 Å². The van der Waals surface area contributed by atoms with Crippen LogP contribution in [0, 0.1) is 0 Å². The summed E-state index contributed by atoms with van der Waals surface area (Å²) >= 11 is 1.75. The molecule has 0 amide bonds. The second-order valence-electron chi connectivity index (χ2n) is 4.32. The third kappa shape index (κ3) is 4.35. The lowest BCUT2D eigenvalue weighted by molar-refractivity contribution is 0.202. The average molecular weight is 255 g/mol. The summed E-state index contributed by atoms with van der Waals surface area (Å²) in [6.45, 7) is 6.48. The molecule has 5 heteroatoms. The molecule has 96 valence electrons. The predicted molar refractivity (Wildman–Crippen MR) is 70.7 cm³/mol. The number of methoxy groups -OCH3 is 1. The number of rotatable bonds is 6. The van der Waals surface area contributed by atoms with E-state index in [9.17, 15) is 0 Å². The first-order chi connectivity index (χ1) is 8.38. The monoisotopic (exact) mass is 255 g/mol. The SMILES string of the molecule is COCCc1nc(CCN2CCNCC2)cs1. The molecule has 0 aromatic carbocycles. The molecule has 1 saturated heterocycles. The Balaban J connectivity index is 1.72. The highest BCUT2D eigenvalue weighted by molar-refractivity contribution is 7.09. The van der Waals surface area contributed by atoms with Crippen molar-refractivity contribution in [2.75, 3.05) is 46.4 Å². The third-order valence-electron chi connectivity index (χ3n) is 3.01. The largest absolute Gasteiger partial charge is 0.384 e. The lowest BCUT2D eigenvalue weighted by Crippen LogP contribution is -2.44. The first kappa shape index (κ1) is 13.0. The first-order valence-corrected chi connectivity index (χ1v) is 7.12. The molecular weight excluding hydrogens is 234 g/mol. The average Bonchev–Trinajstić information content (AvgIpc) is 2.83. The molecule has 2 heterocycles. The van der Waals surface area contributed by atoms with Gasteiger partial charge < -0.3 is 15.0 Å². The quantitative estimate of drug-likeness (QED) is 0.815. The zero-order valence-electron chi connectivity index (χ0n) is 10.4. The van der Waals surface area contributed by atoms with E-state index >= 15 is 0 Å². The van der Waals surface area contributed by atoms with Crippen LogP contribution in [0.15, 0.2) is 5.38 Å². The van der Waals surface area contributed by atoms with Crippen molar-refractivity contribution in [3.63, 3.8) is 0 Å². The van der Waals surface area contributed by atoms with Gasteiger partial charge in [-0.1, -0.05) is 0 Å². The maximum absolute atomic E-state index is 5.06. The summed E-state index contributed by atoms with van der Waals surface area (Å²) in [5, 5.41) is 6.76. The number of aromatic nitrogens is 1. The molecule has 0 bridgehead atoms. The van der Waals surface area contributed by atoms with Gasteiger partial charge in [0.2, 0.25) is 0 Å². The van der Waals surface area contributed by atoms with Gasteiger partial charge in [-0.25, -0.2) is 4.98 Å². The Morgan fingerprint density at radius 3 is 3.00 bits per heavy atom. The minimum absolute atomic E-state index is 0.769. The molecule has 1 aliphatic rings. The van der Waals surface area contributed by atoms with Crippen LogP contribution in [0.1, 0.15) is 10.7 Å². The molecule has 1 fully saturated rings. The van der Waals surface area contributed by atoms with Gasteiger partial charge in [-0.3, -0.25) is 0 Å². The van der Waals surface area contributed by atoms with E-state index < -0.39 is 0 Å². The molecule has 2 rings (SSSR count). The second kappa shape index (κ2) is 7.06. The van der Waals surface area contributed by atoms with Crippen molar-refractivity contribution in [2.24, 2.45) is 0 Å². The molecule has 1 aromatic rings. The summed E-state index contributed by atoms with van der Waals surface area (Å²) in [6, 6.07) is 0. The fourth-order valence-electron chi connectivity index (χ4n) is 1.98. The van der Waals surface area contributed by atoms with Crippen molar-refractivity contribution < 1.29 is 4.74 Å². The van der Waals surface area contributed by atoms with E-state index in [4.69, 9.17) is 4.74 Å². The smallest absolute Gasteiger partial charge is 0.0951 e. The summed E-state index contributed by atoms with van der Waals surface area (Å²) in [7, 11) is 1.74. The van der Waals surface area contributed by atoms with Crippen molar-refractivity contribution in [1.82, 2.24) is 15.2 Å². The molecular formula is C12H21N3OS. The van der Waals surface area contributed by atoms with Gasteiger partial charge in [0.05, 0.1) is 17.3 Å². The van der Waals surface area contributed by atoms with Crippen LogP contribution in [-0.4, -0.2) is 56.3 Å². The number of nitrogens with zero attached hydrogens (tertiary/aromatic N) is 2. The van der Waals surface area contributed by atoms with Crippen LogP contribution in [0.5, 0.6) is 0 Å². The molecule has 1 N–H and O–H groups in total. The summed E-state index contributed by atoms with van der Waals surface area (Å²) in [6.07, 6.45) is 2.01. The molecule has 17 heavy (non-hydrogen) atoms. The van der Waals surface area contributed by atoms with E-state index in [1.807, 2.05) is 0 Å². The van der Waals surface area contributed by atoms with E-state index in [0.29, 0.717) is 0 Å². The van der Waals surface area contributed by atoms with Crippen molar-refractivity contribution in [3.8, 4) is 0 Å². The minimum atomic E-state index is 0.769. The molecule has 0 aliphatic carbocycles. The van der Waals surface area contributed by atoms with Crippen molar-refractivity contribution in [1.29, 1.82) is 0 Å². The number of hydrogen-bond donors (Lipinski definition) is 1. The second-order valence-corrected chi connectivity index (χ2v) is 5.26. The highest BCUT2D eigenvalue weighted by Gasteiger charge is 2.10. The topological polar surface area (TPSA) is 37.4 Å². The summed E-state index contributed by atoms with van der Waals surface area (Å²) < 4.78 is 5.06. The first-order valence-electron chi connectivity index (χ1n) is 6.24. The highest BCUT2D eigenvalue weighted by atomic mass is 32.1. The molecule has 4 nitrogen and oxygen atoms in total. The molecule has 0 unspecified atom stereocenters. The van der Waals surface area contributed by atoms with Gasteiger partial charge in [-0.05, 0) is 0 Å². The van der Waals surface area contributed by atoms with Gasteiger partial charge in [0.25, 0.3) is 0 Å². The Kier molecular flexibility index (Phi) is 5.38. The van der Waals surface area contributed by atoms with Crippen molar-refractivity contribution in [3.05, 3.63) is 16.1 Å². The zero-order chi connectivity index (χ0) is 11.9. The molecule has 0 spiro atoms. The van der Waals surface area contributed by atoms with E-state index in [1.165, 1.54) is 23.8 Å². The third-order valence-corrected chi connectivity index (χ3v) is 3.97. The maximum Gasteiger partial charge on any atom is 0.0951 e. The lowest BCUT2D eigenvalue weighted by Gasteiger charge is -2.26. The van der Waals surface area contributed by atoms with Crippen LogP contribution in [0.25, 0.3) is 0 Å². The molecule has 0 saturated carbocycles. The highest BCUT2D eigenvalue weighted by Crippen LogP contribution is 2.11. The maximum atomic E-state index is 5.06. The Bertz CT molecular complexity index is 323. The van der Waals surface area contributed by atoms with Crippen LogP contribution in [-0.2, 0) is 17.6 Å². The summed E-state index contributed by atoms with van der Waals surface area (Å²) in [4.78, 5) is 7.13. The normalized spacial score (nSPS) is 17.5. The number of piperazine rings is 1. The summed E-state index contributed by atoms with van der Waals surface area (Å²) in [5.74, 6) is 0. The fourth-order valence-corrected chi connectivity index (χ4v) is 2.79. The van der Waals surface area contributed by atoms with Gasteiger partial charge in [0.15, 0.2) is 0 Å². The van der Waals surface area contributed by atoms with Gasteiger partial charge in [0.1, 0.15) is 0 Å². The molecule has 1 aliphatic heterocycles. The fraction of sp³-hybridized carbons (Fsp3) is 0.750. The van der Waals surface area contributed by atoms with E-state index in [-0.39, 0.29) is 0 Å². The van der Waals surface area contributed by atoms with Crippen molar-refractivity contribution >= 4 is 11.3 Å². The number of nitrogens with one attached hydrogen (secondary N) is 1. The summed E-state index contributed by atoms with van der Waals surface area (Å²) in [5.41, 5.74) is 1.24. The predicted octanol–water partition coefficient (Wildman–Crippen LogP) is 0.780. The Labute approximate surface area is 107 Å². The Morgan fingerprint density at radius 1 is 1.41 bits per heavy atom. The molecule has 1 aromatic heterocycles. The Hall–Kier alpha value is -0.490. The van der Waals surface area contributed by atoms with E-state index in [1.54, 1.807) is 18.4 Å². The number of thiazole rings is 1. The standard InChI is InChI=1S/C12H21N3OS/c1-16-9-3-12-14-11(10-17-12)2-6-15-7-4-13-5-8-15/h10,13H,2-9H2,1H3. The van der Waals surface area contributed by atoms with Crippen LogP contribution >= 0.6 is 11.3 Å². The van der Waals surface area contributed by atoms with Gasteiger partial charge >= 0.3 is 0 Å².